The first kappa shape index (κ1) is 65.3. The highest BCUT2D eigenvalue weighted by Gasteiger charge is 2.19. The summed E-state index contributed by atoms with van der Waals surface area (Å²) in [5.41, 5.74) is 0. The van der Waals surface area contributed by atoms with E-state index in [4.69, 9.17) is 14.2 Å². The average Bonchev–Trinajstić information content (AvgIpc) is 3.35. The van der Waals surface area contributed by atoms with E-state index < -0.39 is 12.1 Å². The van der Waals surface area contributed by atoms with Gasteiger partial charge in [0.2, 0.25) is 0 Å². The first-order valence-electron chi connectivity index (χ1n) is 28.7. The summed E-state index contributed by atoms with van der Waals surface area (Å²) in [7, 11) is 0. The molecule has 394 valence electrons. The summed E-state index contributed by atoms with van der Waals surface area (Å²) in [6.45, 7) is 6.51. The van der Waals surface area contributed by atoms with Crippen LogP contribution in [0.4, 0.5) is 0 Å². The van der Waals surface area contributed by atoms with Crippen molar-refractivity contribution in [2.45, 2.75) is 271 Å². The minimum absolute atomic E-state index is 0.114. The maximum absolute atomic E-state index is 12.8. The van der Waals surface area contributed by atoms with E-state index in [0.29, 0.717) is 19.3 Å². The SMILES string of the molecule is CCCCC/C=C\C/C=C\C/C=C\C/C=C\C/C=C\CCC(=O)O[C@@H](COC(=O)CCCCCCC/C=C\CCCCCCCC)COC(=O)CCCCCCCCC/C=C\C/C=C\CCCCC. The summed E-state index contributed by atoms with van der Waals surface area (Å²) in [6.07, 6.45) is 75.4. The Balaban J connectivity index is 4.53. The van der Waals surface area contributed by atoms with E-state index in [9.17, 15) is 14.4 Å². The van der Waals surface area contributed by atoms with E-state index >= 15 is 0 Å². The molecule has 0 aromatic heterocycles. The second-order valence-corrected chi connectivity index (χ2v) is 18.8. The molecule has 0 aliphatic heterocycles. The quantitative estimate of drug-likeness (QED) is 0.0262. The number of allylic oxidation sites excluding steroid dienone is 16. The summed E-state index contributed by atoms with van der Waals surface area (Å²) >= 11 is 0. The third kappa shape index (κ3) is 55.1. The standard InChI is InChI=1S/C63H106O6/c1-4-7-10-13-16-19-22-25-28-30-31-33-36-39-42-45-48-51-54-57-63(66)69-60(58-67-61(64)55-52-49-46-43-40-37-34-27-24-21-18-15-12-9-6-3)59-68-62(65)56-53-50-47-44-41-38-35-32-29-26-23-20-17-14-11-8-5-2/h16-17,19-20,25-29,31,33-34,39,42,48,51,60H,4-15,18,21-24,30,32,35-38,40-41,43-47,49-50,52-59H2,1-3H3/b19-16-,20-17-,28-25-,29-26-,33-31-,34-27-,42-39-,51-48-/t60-/m0/s1. The molecule has 0 radical (unpaired) electrons. The van der Waals surface area contributed by atoms with Crippen molar-refractivity contribution in [1.29, 1.82) is 0 Å². The molecule has 0 N–H and O–H groups in total. The van der Waals surface area contributed by atoms with Gasteiger partial charge in [0.1, 0.15) is 13.2 Å². The number of hydrogen-bond donors (Lipinski definition) is 0. The predicted octanol–water partition coefficient (Wildman–Crippen LogP) is 19.3. The largest absolute Gasteiger partial charge is 0.462 e. The van der Waals surface area contributed by atoms with Crippen molar-refractivity contribution in [3.05, 3.63) is 97.2 Å². The summed E-state index contributed by atoms with van der Waals surface area (Å²) in [6, 6.07) is 0. The number of carbonyl (C=O) groups is 3. The maximum atomic E-state index is 12.8. The van der Waals surface area contributed by atoms with Crippen LogP contribution in [-0.4, -0.2) is 37.2 Å². The Morgan fingerprint density at radius 1 is 0.290 bits per heavy atom. The van der Waals surface area contributed by atoms with Crippen molar-refractivity contribution >= 4 is 17.9 Å². The molecule has 0 rings (SSSR count). The van der Waals surface area contributed by atoms with Gasteiger partial charge in [-0.25, -0.2) is 0 Å². The fourth-order valence-electron chi connectivity index (χ4n) is 7.68. The highest BCUT2D eigenvalue weighted by molar-refractivity contribution is 5.71. The molecule has 0 spiro atoms. The van der Waals surface area contributed by atoms with Gasteiger partial charge < -0.3 is 14.2 Å². The van der Waals surface area contributed by atoms with Crippen LogP contribution in [0, 0.1) is 0 Å². The van der Waals surface area contributed by atoms with E-state index in [0.717, 1.165) is 89.9 Å². The van der Waals surface area contributed by atoms with Crippen molar-refractivity contribution in [3.8, 4) is 0 Å². The molecule has 0 aliphatic rings. The Kier molecular flexibility index (Phi) is 53.9. The van der Waals surface area contributed by atoms with E-state index in [2.05, 4.69) is 112 Å². The van der Waals surface area contributed by atoms with Crippen LogP contribution in [-0.2, 0) is 28.6 Å². The summed E-state index contributed by atoms with van der Waals surface area (Å²) in [4.78, 5) is 38.1. The van der Waals surface area contributed by atoms with Crippen LogP contribution in [0.1, 0.15) is 265 Å². The third-order valence-electron chi connectivity index (χ3n) is 12.0. The Morgan fingerprint density at radius 2 is 0.551 bits per heavy atom. The van der Waals surface area contributed by atoms with Gasteiger partial charge in [0.15, 0.2) is 6.10 Å². The van der Waals surface area contributed by atoms with Gasteiger partial charge in [0.05, 0.1) is 0 Å². The Hall–Kier alpha value is -3.67. The first-order valence-corrected chi connectivity index (χ1v) is 28.7. The van der Waals surface area contributed by atoms with Crippen LogP contribution < -0.4 is 0 Å². The van der Waals surface area contributed by atoms with Gasteiger partial charge in [0, 0.05) is 19.3 Å². The molecule has 6 nitrogen and oxygen atoms in total. The molecule has 0 saturated carbocycles. The van der Waals surface area contributed by atoms with Crippen LogP contribution in [0.15, 0.2) is 97.2 Å². The zero-order valence-corrected chi connectivity index (χ0v) is 45.0. The Labute approximate surface area is 426 Å². The fraction of sp³-hybridized carbons (Fsp3) is 0.698. The van der Waals surface area contributed by atoms with E-state index in [1.807, 2.05) is 6.08 Å². The summed E-state index contributed by atoms with van der Waals surface area (Å²) < 4.78 is 16.8. The van der Waals surface area contributed by atoms with Crippen LogP contribution in [0.5, 0.6) is 0 Å². The van der Waals surface area contributed by atoms with Gasteiger partial charge in [-0.2, -0.15) is 0 Å². The van der Waals surface area contributed by atoms with Crippen molar-refractivity contribution < 1.29 is 28.6 Å². The minimum atomic E-state index is -0.825. The molecule has 6 heteroatoms. The Morgan fingerprint density at radius 3 is 0.913 bits per heavy atom. The maximum Gasteiger partial charge on any atom is 0.306 e. The van der Waals surface area contributed by atoms with Gasteiger partial charge in [-0.3, -0.25) is 14.4 Å². The molecule has 0 bridgehead atoms. The Bertz CT molecular complexity index is 1380. The van der Waals surface area contributed by atoms with E-state index in [1.165, 1.54) is 128 Å². The van der Waals surface area contributed by atoms with Crippen LogP contribution in [0.3, 0.4) is 0 Å². The molecule has 0 amide bonds. The lowest BCUT2D eigenvalue weighted by atomic mass is 10.1. The van der Waals surface area contributed by atoms with E-state index in [1.54, 1.807) is 0 Å². The second-order valence-electron chi connectivity index (χ2n) is 18.8. The molecule has 1 atom stereocenters. The monoisotopic (exact) mass is 959 g/mol. The van der Waals surface area contributed by atoms with Crippen LogP contribution >= 0.6 is 0 Å². The molecule has 69 heavy (non-hydrogen) atoms. The van der Waals surface area contributed by atoms with Gasteiger partial charge >= 0.3 is 17.9 Å². The molecule has 0 saturated heterocycles. The molecule has 0 aliphatic carbocycles. The number of unbranched alkanes of at least 4 members (excludes halogenated alkanes) is 24. The molecule has 0 heterocycles. The number of rotatable bonds is 51. The third-order valence-corrected chi connectivity index (χ3v) is 12.0. The molecule has 0 unspecified atom stereocenters. The lowest BCUT2D eigenvalue weighted by Crippen LogP contribution is -2.30. The first-order chi connectivity index (χ1) is 34.0. The van der Waals surface area contributed by atoms with Crippen LogP contribution in [0.2, 0.25) is 0 Å². The highest BCUT2D eigenvalue weighted by atomic mass is 16.6. The average molecular weight is 960 g/mol. The van der Waals surface area contributed by atoms with Crippen LogP contribution in [0.25, 0.3) is 0 Å². The minimum Gasteiger partial charge on any atom is -0.462 e. The smallest absolute Gasteiger partial charge is 0.306 e. The topological polar surface area (TPSA) is 78.9 Å². The van der Waals surface area contributed by atoms with Crippen molar-refractivity contribution in [2.24, 2.45) is 0 Å². The highest BCUT2D eigenvalue weighted by Crippen LogP contribution is 2.14. The number of ether oxygens (including phenoxy) is 3. The lowest BCUT2D eigenvalue weighted by Gasteiger charge is -2.18. The predicted molar refractivity (Wildman–Crippen MR) is 297 cm³/mol. The number of carbonyl (C=O) groups excluding carboxylic acids is 3. The van der Waals surface area contributed by atoms with Crippen molar-refractivity contribution in [3.63, 3.8) is 0 Å². The second kappa shape index (κ2) is 56.9. The molecular formula is C63H106O6. The molecule has 0 aromatic carbocycles. The van der Waals surface area contributed by atoms with Gasteiger partial charge in [-0.05, 0) is 116 Å². The van der Waals surface area contributed by atoms with Gasteiger partial charge in [0.25, 0.3) is 0 Å². The summed E-state index contributed by atoms with van der Waals surface area (Å²) in [5, 5.41) is 0. The zero-order chi connectivity index (χ0) is 50.0. The normalized spacial score (nSPS) is 12.8. The number of esters is 3. The fourth-order valence-corrected chi connectivity index (χ4v) is 7.68. The van der Waals surface area contributed by atoms with Gasteiger partial charge in [-0.15, -0.1) is 0 Å². The van der Waals surface area contributed by atoms with Gasteiger partial charge in [-0.1, -0.05) is 227 Å². The molecule has 0 aromatic rings. The van der Waals surface area contributed by atoms with E-state index in [-0.39, 0.29) is 31.6 Å². The van der Waals surface area contributed by atoms with Crippen molar-refractivity contribution in [1.82, 2.24) is 0 Å². The summed E-state index contributed by atoms with van der Waals surface area (Å²) in [5.74, 6) is -1.01. The lowest BCUT2D eigenvalue weighted by molar-refractivity contribution is -0.166. The van der Waals surface area contributed by atoms with Crippen molar-refractivity contribution in [2.75, 3.05) is 13.2 Å². The molecular weight excluding hydrogens is 853 g/mol. The number of hydrogen-bond acceptors (Lipinski definition) is 6. The molecule has 0 fully saturated rings. The zero-order valence-electron chi connectivity index (χ0n) is 45.0.